The van der Waals surface area contributed by atoms with Gasteiger partial charge in [-0.05, 0) is 41.1 Å². The molecule has 3 amide bonds. The third-order valence-corrected chi connectivity index (χ3v) is 6.17. The summed E-state index contributed by atoms with van der Waals surface area (Å²) in [6.45, 7) is 1.63. The van der Waals surface area contributed by atoms with Crippen LogP contribution in [0.5, 0.6) is 0 Å². The van der Waals surface area contributed by atoms with Gasteiger partial charge in [-0.2, -0.15) is 5.26 Å². The summed E-state index contributed by atoms with van der Waals surface area (Å²) in [5, 5.41) is 23.5. The number of nitrogens with one attached hydrogen (secondary N) is 1. The molecule has 2 aromatic heterocycles. The number of fused-ring (bicyclic) bond motifs is 1. The molecule has 0 unspecified atom stereocenters. The van der Waals surface area contributed by atoms with Crippen LogP contribution in [0.4, 0.5) is 4.79 Å². The van der Waals surface area contributed by atoms with Gasteiger partial charge in [0, 0.05) is 29.2 Å². The van der Waals surface area contributed by atoms with Crippen molar-refractivity contribution in [1.29, 1.82) is 5.26 Å². The molecule has 0 radical (unpaired) electrons. The highest BCUT2D eigenvalue weighted by Gasteiger charge is 2.49. The zero-order chi connectivity index (χ0) is 24.6. The number of hydrogen-bond acceptors (Lipinski definition) is 7. The fraction of sp³-hybridized carbons (Fsp3) is 0.208. The minimum absolute atomic E-state index is 0.293. The van der Waals surface area contributed by atoms with Gasteiger partial charge in [0.1, 0.15) is 11.9 Å². The zero-order valence-electron chi connectivity index (χ0n) is 18.8. The Balaban J connectivity index is 1.42. The van der Waals surface area contributed by atoms with E-state index >= 15 is 0 Å². The summed E-state index contributed by atoms with van der Waals surface area (Å²) >= 11 is 0. The van der Waals surface area contributed by atoms with Crippen LogP contribution in [0.2, 0.25) is 0 Å². The van der Waals surface area contributed by atoms with Gasteiger partial charge < -0.3 is 9.88 Å². The number of hydrogen-bond donors (Lipinski definition) is 1. The number of nitrogens with zero attached hydrogens (tertiary/aromatic N) is 7. The van der Waals surface area contributed by atoms with E-state index in [9.17, 15) is 14.4 Å². The Kier molecular flexibility index (Phi) is 5.33. The number of urea groups is 1. The van der Waals surface area contributed by atoms with Gasteiger partial charge in [-0.3, -0.25) is 14.5 Å². The van der Waals surface area contributed by atoms with Crippen LogP contribution >= 0.6 is 0 Å². The topological polar surface area (TPSA) is 139 Å². The number of amides is 3. The van der Waals surface area contributed by atoms with Crippen LogP contribution in [0.25, 0.3) is 16.6 Å². The highest BCUT2D eigenvalue weighted by atomic mass is 16.2. The van der Waals surface area contributed by atoms with Crippen molar-refractivity contribution in [3.05, 3.63) is 72.2 Å². The molecule has 35 heavy (non-hydrogen) atoms. The summed E-state index contributed by atoms with van der Waals surface area (Å²) in [6, 6.07) is 15.7. The molecule has 5 rings (SSSR count). The number of para-hydroxylation sites is 1. The summed E-state index contributed by atoms with van der Waals surface area (Å²) in [4.78, 5) is 40.5. The lowest BCUT2D eigenvalue weighted by Gasteiger charge is -2.22. The molecule has 4 aromatic rings. The molecule has 0 spiro atoms. The molecule has 1 aliphatic heterocycles. The number of nitriles is 1. The monoisotopic (exact) mass is 468 g/mol. The van der Waals surface area contributed by atoms with Crippen molar-refractivity contribution >= 4 is 28.6 Å². The Morgan fingerprint density at radius 2 is 2.00 bits per heavy atom. The minimum Gasteiger partial charge on any atom is -0.346 e. The van der Waals surface area contributed by atoms with Crippen molar-refractivity contribution in [2.75, 3.05) is 6.54 Å². The summed E-state index contributed by atoms with van der Waals surface area (Å²) in [7, 11) is 0. The van der Waals surface area contributed by atoms with Crippen molar-refractivity contribution in [2.45, 2.75) is 25.4 Å². The molecule has 3 heterocycles. The van der Waals surface area contributed by atoms with E-state index < -0.39 is 24.0 Å². The van der Waals surface area contributed by atoms with Crippen LogP contribution < -0.4 is 5.32 Å². The van der Waals surface area contributed by atoms with E-state index in [1.54, 1.807) is 37.4 Å². The van der Waals surface area contributed by atoms with Gasteiger partial charge in [0.25, 0.3) is 5.91 Å². The van der Waals surface area contributed by atoms with Crippen molar-refractivity contribution in [1.82, 2.24) is 35.0 Å². The van der Waals surface area contributed by atoms with E-state index in [2.05, 4.69) is 26.9 Å². The Labute approximate surface area is 199 Å². The largest absolute Gasteiger partial charge is 0.346 e. The van der Waals surface area contributed by atoms with E-state index in [0.29, 0.717) is 35.2 Å². The van der Waals surface area contributed by atoms with Crippen LogP contribution in [-0.2, 0) is 16.9 Å². The number of benzene rings is 2. The maximum Gasteiger partial charge on any atom is 0.325 e. The SMILES string of the molecule is C[C@@]1(c2cccc(-n3cnnn3)c2)NC(=O)N(CC(=O)c2cn(CCC#N)c3ccccc23)C1=O. The summed E-state index contributed by atoms with van der Waals surface area (Å²) in [5.74, 6) is -0.898. The smallest absolute Gasteiger partial charge is 0.325 e. The number of rotatable bonds is 7. The quantitative estimate of drug-likeness (QED) is 0.324. The Morgan fingerprint density at radius 3 is 2.77 bits per heavy atom. The lowest BCUT2D eigenvalue weighted by Crippen LogP contribution is -2.41. The maximum absolute atomic E-state index is 13.4. The number of aromatic nitrogens is 5. The average Bonchev–Trinajstić information content (AvgIpc) is 3.58. The van der Waals surface area contributed by atoms with E-state index in [0.717, 1.165) is 10.4 Å². The third-order valence-electron chi connectivity index (χ3n) is 6.17. The van der Waals surface area contributed by atoms with Gasteiger partial charge in [-0.25, -0.2) is 9.48 Å². The van der Waals surface area contributed by atoms with Gasteiger partial charge in [0.15, 0.2) is 5.78 Å². The highest BCUT2D eigenvalue weighted by Crippen LogP contribution is 2.31. The predicted molar refractivity (Wildman–Crippen MR) is 123 cm³/mol. The molecule has 1 atom stereocenters. The molecule has 1 saturated heterocycles. The molecular weight excluding hydrogens is 448 g/mol. The number of imide groups is 1. The average molecular weight is 468 g/mol. The van der Waals surface area contributed by atoms with Crippen molar-refractivity contribution in [2.24, 2.45) is 0 Å². The molecule has 1 aliphatic rings. The summed E-state index contributed by atoms with van der Waals surface area (Å²) in [6.07, 6.45) is 3.40. The van der Waals surface area contributed by atoms with Gasteiger partial charge in [-0.1, -0.05) is 30.3 Å². The summed E-state index contributed by atoms with van der Waals surface area (Å²) < 4.78 is 3.28. The molecule has 174 valence electrons. The molecule has 0 saturated carbocycles. The first kappa shape index (κ1) is 22.0. The lowest BCUT2D eigenvalue weighted by molar-refractivity contribution is -0.130. The predicted octanol–water partition coefficient (Wildman–Crippen LogP) is 2.18. The first-order valence-electron chi connectivity index (χ1n) is 10.9. The molecule has 2 aromatic carbocycles. The van der Waals surface area contributed by atoms with Crippen molar-refractivity contribution < 1.29 is 14.4 Å². The molecule has 1 N–H and O–H groups in total. The number of ketones is 1. The number of aryl methyl sites for hydroxylation is 1. The second kappa shape index (κ2) is 8.49. The Hall–Kier alpha value is -4.85. The van der Waals surface area contributed by atoms with Crippen molar-refractivity contribution in [3.63, 3.8) is 0 Å². The number of tetrazole rings is 1. The van der Waals surface area contributed by atoms with Crippen LogP contribution in [0.3, 0.4) is 0 Å². The van der Waals surface area contributed by atoms with E-state index in [4.69, 9.17) is 5.26 Å². The van der Waals surface area contributed by atoms with Gasteiger partial charge >= 0.3 is 6.03 Å². The number of carbonyl (C=O) groups excluding carboxylic acids is 3. The first-order chi connectivity index (χ1) is 16.9. The maximum atomic E-state index is 13.4. The van der Waals surface area contributed by atoms with E-state index in [-0.39, 0.29) is 5.78 Å². The standard InChI is InChI=1S/C24H20N8O3/c1-24(16-6-4-7-17(12-16)32-15-26-28-29-32)22(34)31(23(35)27-24)14-21(33)19-13-30(11-5-10-25)20-9-3-2-8-18(19)20/h2-4,6-9,12-13,15H,5,11,14H2,1H3,(H,27,35)/t24-/m0/s1. The third kappa shape index (κ3) is 3.71. The normalized spacial score (nSPS) is 17.5. The van der Waals surface area contributed by atoms with Crippen molar-refractivity contribution in [3.8, 4) is 11.8 Å². The first-order valence-corrected chi connectivity index (χ1v) is 10.9. The molecular formula is C24H20N8O3. The molecule has 0 bridgehead atoms. The van der Waals surface area contributed by atoms with Gasteiger partial charge in [0.05, 0.1) is 24.7 Å². The molecule has 11 heteroatoms. The van der Waals surface area contributed by atoms with Gasteiger partial charge in [-0.15, -0.1) is 5.10 Å². The Morgan fingerprint density at radius 1 is 1.17 bits per heavy atom. The van der Waals surface area contributed by atoms with Crippen LogP contribution in [0.15, 0.2) is 61.1 Å². The fourth-order valence-electron chi connectivity index (χ4n) is 4.33. The summed E-state index contributed by atoms with van der Waals surface area (Å²) in [5.41, 5.74) is 1.01. The lowest BCUT2D eigenvalue weighted by atomic mass is 9.91. The fourth-order valence-corrected chi connectivity index (χ4v) is 4.33. The minimum atomic E-state index is -1.36. The number of carbonyl (C=O) groups is 3. The number of Topliss-reactive ketones (excluding diaryl/α,β-unsaturated/α-hetero) is 1. The second-order valence-electron chi connectivity index (χ2n) is 8.34. The van der Waals surface area contributed by atoms with E-state index in [1.165, 1.54) is 11.0 Å². The van der Waals surface area contributed by atoms with Crippen LogP contribution in [0, 0.1) is 11.3 Å². The second-order valence-corrected chi connectivity index (χ2v) is 8.34. The van der Waals surface area contributed by atoms with E-state index in [1.807, 2.05) is 28.8 Å². The molecule has 0 aliphatic carbocycles. The molecule has 11 nitrogen and oxygen atoms in total. The zero-order valence-corrected chi connectivity index (χ0v) is 18.8. The van der Waals surface area contributed by atoms with Gasteiger partial charge in [0.2, 0.25) is 0 Å². The Bertz CT molecular complexity index is 1500. The molecule has 1 fully saturated rings. The van der Waals surface area contributed by atoms with Crippen LogP contribution in [0.1, 0.15) is 29.3 Å². The van der Waals surface area contributed by atoms with Crippen LogP contribution in [-0.4, -0.2) is 53.9 Å². The highest BCUT2D eigenvalue weighted by molar-refractivity contribution is 6.14.